The number of hydrogen-bond donors (Lipinski definition) is 0. The van der Waals surface area contributed by atoms with Crippen molar-refractivity contribution in [3.05, 3.63) is 63.6 Å². The Labute approximate surface area is 168 Å². The van der Waals surface area contributed by atoms with Gasteiger partial charge in [0.1, 0.15) is 11.4 Å². The van der Waals surface area contributed by atoms with E-state index in [1.165, 1.54) is 0 Å². The van der Waals surface area contributed by atoms with Crippen molar-refractivity contribution in [3.8, 4) is 5.75 Å². The number of Topliss-reactive ketones (excluding diaryl/α,β-unsaturated/α-hetero) is 1. The molecule has 0 radical (unpaired) electrons. The highest BCUT2D eigenvalue weighted by molar-refractivity contribution is 6.36. The number of carbonyl (C=O) groups is 2. The normalized spacial score (nSPS) is 18.1. The maximum Gasteiger partial charge on any atom is 0.226 e. The van der Waals surface area contributed by atoms with E-state index in [0.717, 1.165) is 5.56 Å². The van der Waals surface area contributed by atoms with Crippen LogP contribution in [0, 0.1) is 0 Å². The molecule has 6 heteroatoms. The second-order valence-electron chi connectivity index (χ2n) is 7.19. The van der Waals surface area contributed by atoms with Crippen molar-refractivity contribution in [2.45, 2.75) is 31.3 Å². The molecule has 0 aliphatic carbocycles. The lowest BCUT2D eigenvalue weighted by Crippen LogP contribution is -2.52. The van der Waals surface area contributed by atoms with Gasteiger partial charge in [-0.15, -0.1) is 0 Å². The van der Waals surface area contributed by atoms with Gasteiger partial charge in [0.2, 0.25) is 5.91 Å². The molecule has 0 saturated carbocycles. The molecule has 2 heterocycles. The molecule has 2 aliphatic heterocycles. The van der Waals surface area contributed by atoms with Crippen LogP contribution in [0.1, 0.15) is 35.2 Å². The lowest BCUT2D eigenvalue weighted by atomic mass is 9.82. The predicted octanol–water partition coefficient (Wildman–Crippen LogP) is 4.56. The molecule has 1 amide bonds. The maximum atomic E-state index is 12.6. The van der Waals surface area contributed by atoms with Crippen LogP contribution in [0.5, 0.6) is 5.75 Å². The number of benzene rings is 2. The number of ketones is 1. The number of likely N-dealkylation sites (tertiary alicyclic amines) is 1. The number of rotatable bonds is 2. The Hall–Kier alpha value is -2.04. The second-order valence-corrected chi connectivity index (χ2v) is 8.04. The van der Waals surface area contributed by atoms with Gasteiger partial charge in [0.15, 0.2) is 5.78 Å². The van der Waals surface area contributed by atoms with Crippen LogP contribution in [-0.2, 0) is 11.2 Å². The molecule has 1 spiro atoms. The van der Waals surface area contributed by atoms with Crippen LogP contribution < -0.4 is 4.74 Å². The zero-order valence-corrected chi connectivity index (χ0v) is 16.2. The molecule has 2 aromatic carbocycles. The molecule has 1 saturated heterocycles. The van der Waals surface area contributed by atoms with E-state index in [4.69, 9.17) is 27.9 Å². The van der Waals surface area contributed by atoms with Crippen molar-refractivity contribution < 1.29 is 14.3 Å². The highest BCUT2D eigenvalue weighted by Crippen LogP contribution is 2.44. The van der Waals surface area contributed by atoms with E-state index in [0.29, 0.717) is 53.7 Å². The molecule has 140 valence electrons. The number of carbonyl (C=O) groups excluding carboxylic acids is 2. The molecule has 0 N–H and O–H groups in total. The molecular formula is C21H19Cl2NO3. The molecule has 0 atom stereocenters. The predicted molar refractivity (Wildman–Crippen MR) is 105 cm³/mol. The SMILES string of the molecule is O=C1CC2(CCN(C(=O)Cc3ccccc3)CC2)Oc2c(Cl)cc(Cl)cc21. The van der Waals surface area contributed by atoms with Gasteiger partial charge >= 0.3 is 0 Å². The van der Waals surface area contributed by atoms with Crippen LogP contribution in [0.2, 0.25) is 10.0 Å². The second kappa shape index (κ2) is 7.17. The zero-order chi connectivity index (χ0) is 19.0. The number of piperidine rings is 1. The van der Waals surface area contributed by atoms with Crippen LogP contribution in [0.4, 0.5) is 0 Å². The molecule has 27 heavy (non-hydrogen) atoms. The highest BCUT2D eigenvalue weighted by atomic mass is 35.5. The third kappa shape index (κ3) is 3.69. The minimum atomic E-state index is -0.592. The third-order valence-electron chi connectivity index (χ3n) is 5.34. The molecule has 2 aromatic rings. The molecule has 4 rings (SSSR count). The molecule has 0 bridgehead atoms. The van der Waals surface area contributed by atoms with Crippen LogP contribution in [0.15, 0.2) is 42.5 Å². The molecule has 0 unspecified atom stereocenters. The average molecular weight is 404 g/mol. The summed E-state index contributed by atoms with van der Waals surface area (Å²) in [5, 5.41) is 0.778. The average Bonchev–Trinajstić information content (AvgIpc) is 2.64. The van der Waals surface area contributed by atoms with Crippen LogP contribution in [0.3, 0.4) is 0 Å². The van der Waals surface area contributed by atoms with Gasteiger partial charge in [-0.2, -0.15) is 0 Å². The van der Waals surface area contributed by atoms with E-state index in [9.17, 15) is 9.59 Å². The standard InChI is InChI=1S/C21H19Cl2NO3/c22-15-11-16-18(25)13-21(27-20(16)17(23)12-15)6-8-24(9-7-21)19(26)10-14-4-2-1-3-5-14/h1-5,11-12H,6-10,13H2. The highest BCUT2D eigenvalue weighted by Gasteiger charge is 2.44. The summed E-state index contributed by atoms with van der Waals surface area (Å²) >= 11 is 12.3. The van der Waals surface area contributed by atoms with Crippen molar-refractivity contribution in [1.29, 1.82) is 0 Å². The van der Waals surface area contributed by atoms with Gasteiger partial charge in [-0.1, -0.05) is 53.5 Å². The smallest absolute Gasteiger partial charge is 0.226 e. The number of fused-ring (bicyclic) bond motifs is 1. The largest absolute Gasteiger partial charge is 0.484 e. The monoisotopic (exact) mass is 403 g/mol. The van der Waals surface area contributed by atoms with Crippen molar-refractivity contribution in [2.75, 3.05) is 13.1 Å². The van der Waals surface area contributed by atoms with Gasteiger partial charge < -0.3 is 9.64 Å². The Kier molecular flexibility index (Phi) is 4.87. The summed E-state index contributed by atoms with van der Waals surface area (Å²) in [5.74, 6) is 0.509. The summed E-state index contributed by atoms with van der Waals surface area (Å²) in [6, 6.07) is 12.9. The van der Waals surface area contributed by atoms with E-state index in [-0.39, 0.29) is 18.1 Å². The minimum Gasteiger partial charge on any atom is -0.484 e. The van der Waals surface area contributed by atoms with Gasteiger partial charge in [-0.3, -0.25) is 9.59 Å². The van der Waals surface area contributed by atoms with Crippen LogP contribution in [0.25, 0.3) is 0 Å². The van der Waals surface area contributed by atoms with Crippen molar-refractivity contribution in [2.24, 2.45) is 0 Å². The number of hydrogen-bond acceptors (Lipinski definition) is 3. The van der Waals surface area contributed by atoms with Crippen molar-refractivity contribution in [1.82, 2.24) is 4.90 Å². The minimum absolute atomic E-state index is 0.00953. The first-order valence-electron chi connectivity index (χ1n) is 8.99. The fourth-order valence-corrected chi connectivity index (χ4v) is 4.37. The first-order valence-corrected chi connectivity index (χ1v) is 9.74. The summed E-state index contributed by atoms with van der Waals surface area (Å²) in [6.45, 7) is 1.14. The molecule has 0 aromatic heterocycles. The lowest BCUT2D eigenvalue weighted by Gasteiger charge is -2.44. The van der Waals surface area contributed by atoms with Gasteiger partial charge in [0.05, 0.1) is 23.4 Å². The summed E-state index contributed by atoms with van der Waals surface area (Å²) in [6.07, 6.45) is 1.90. The van der Waals surface area contributed by atoms with Gasteiger partial charge in [0.25, 0.3) is 0 Å². The van der Waals surface area contributed by atoms with Crippen LogP contribution >= 0.6 is 23.2 Å². The van der Waals surface area contributed by atoms with Crippen molar-refractivity contribution >= 4 is 34.9 Å². The number of halogens is 2. The topological polar surface area (TPSA) is 46.6 Å². The maximum absolute atomic E-state index is 12.6. The summed E-state index contributed by atoms with van der Waals surface area (Å²) in [4.78, 5) is 27.1. The molecular weight excluding hydrogens is 385 g/mol. The Morgan fingerprint density at radius 2 is 1.81 bits per heavy atom. The van der Waals surface area contributed by atoms with Crippen LogP contribution in [-0.4, -0.2) is 35.3 Å². The van der Waals surface area contributed by atoms with Crippen molar-refractivity contribution in [3.63, 3.8) is 0 Å². The fourth-order valence-electron chi connectivity index (χ4n) is 3.84. The lowest BCUT2D eigenvalue weighted by molar-refractivity contribution is -0.134. The van der Waals surface area contributed by atoms with Gasteiger partial charge in [-0.25, -0.2) is 0 Å². The van der Waals surface area contributed by atoms with Gasteiger partial charge in [0, 0.05) is 31.0 Å². The zero-order valence-electron chi connectivity index (χ0n) is 14.7. The molecule has 1 fully saturated rings. The van der Waals surface area contributed by atoms with E-state index < -0.39 is 5.60 Å². The number of amides is 1. The molecule has 4 nitrogen and oxygen atoms in total. The molecule has 2 aliphatic rings. The Morgan fingerprint density at radius 1 is 1.11 bits per heavy atom. The number of nitrogens with zero attached hydrogens (tertiary/aromatic N) is 1. The fraction of sp³-hybridized carbons (Fsp3) is 0.333. The van der Waals surface area contributed by atoms with E-state index in [1.54, 1.807) is 12.1 Å². The first-order chi connectivity index (χ1) is 13.0. The Bertz CT molecular complexity index is 890. The van der Waals surface area contributed by atoms with E-state index in [1.807, 2.05) is 35.2 Å². The third-order valence-corrected chi connectivity index (χ3v) is 5.83. The Morgan fingerprint density at radius 3 is 2.52 bits per heavy atom. The van der Waals surface area contributed by atoms with E-state index in [2.05, 4.69) is 0 Å². The number of ether oxygens (including phenoxy) is 1. The first kappa shape index (κ1) is 18.3. The summed E-state index contributed by atoms with van der Waals surface area (Å²) in [5.41, 5.74) is 0.857. The Balaban J connectivity index is 1.46. The summed E-state index contributed by atoms with van der Waals surface area (Å²) in [7, 11) is 0. The summed E-state index contributed by atoms with van der Waals surface area (Å²) < 4.78 is 6.21. The van der Waals surface area contributed by atoms with E-state index >= 15 is 0 Å². The van der Waals surface area contributed by atoms with Gasteiger partial charge in [-0.05, 0) is 17.7 Å². The quantitative estimate of drug-likeness (QED) is 0.737.